The van der Waals surface area contributed by atoms with E-state index in [4.69, 9.17) is 16.3 Å². The number of hydrogen-bond acceptors (Lipinski definition) is 3. The van der Waals surface area contributed by atoms with Gasteiger partial charge in [-0.05, 0) is 6.07 Å². The van der Waals surface area contributed by atoms with Crippen LogP contribution in [0.3, 0.4) is 0 Å². The molecule has 2 aromatic rings. The summed E-state index contributed by atoms with van der Waals surface area (Å²) in [6, 6.07) is 6.42. The van der Waals surface area contributed by atoms with E-state index in [2.05, 4.69) is 0 Å². The van der Waals surface area contributed by atoms with Gasteiger partial charge in [-0.3, -0.25) is 4.79 Å². The van der Waals surface area contributed by atoms with E-state index in [0.29, 0.717) is 17.3 Å². The predicted octanol–water partition coefficient (Wildman–Crippen LogP) is 1.76. The van der Waals surface area contributed by atoms with Gasteiger partial charge in [0.25, 0.3) is 5.91 Å². The average molecular weight is 323 g/mol. The quantitative estimate of drug-likeness (QED) is 0.914. The number of rotatable bonds is 2. The first-order chi connectivity index (χ1) is 10.5. The van der Waals surface area contributed by atoms with Crippen LogP contribution < -0.4 is 0 Å². The average Bonchev–Trinajstić information content (AvgIpc) is 2.79. The normalized spacial score (nSPS) is 18.6. The maximum Gasteiger partial charge on any atom is 0.328 e. The van der Waals surface area contributed by atoms with Gasteiger partial charge in [-0.15, -0.1) is 0 Å². The van der Waals surface area contributed by atoms with Gasteiger partial charge in [-0.1, -0.05) is 29.8 Å². The van der Waals surface area contributed by atoms with Crippen molar-refractivity contribution in [1.29, 1.82) is 0 Å². The number of ether oxygens (including phenoxy) is 1. The summed E-state index contributed by atoms with van der Waals surface area (Å²) in [6.07, 6.45) is 0. The van der Waals surface area contributed by atoms with Gasteiger partial charge in [0.2, 0.25) is 0 Å². The van der Waals surface area contributed by atoms with Crippen molar-refractivity contribution in [3.8, 4) is 0 Å². The Kier molecular flexibility index (Phi) is 3.80. The minimum Gasteiger partial charge on any atom is -0.480 e. The minimum atomic E-state index is -1.08. The minimum absolute atomic E-state index is 0.0113. The van der Waals surface area contributed by atoms with E-state index in [1.165, 1.54) is 4.90 Å². The number of benzene rings is 1. The van der Waals surface area contributed by atoms with Crippen molar-refractivity contribution < 1.29 is 19.4 Å². The predicted molar refractivity (Wildman–Crippen MR) is 81.2 cm³/mol. The Morgan fingerprint density at radius 1 is 1.36 bits per heavy atom. The zero-order chi connectivity index (χ0) is 15.9. The molecule has 0 radical (unpaired) electrons. The number of aryl methyl sites for hydroxylation is 1. The van der Waals surface area contributed by atoms with Gasteiger partial charge in [-0.25, -0.2) is 4.79 Å². The number of para-hydroxylation sites is 1. The number of carboxylic acids is 1. The number of carbonyl (C=O) groups is 2. The highest BCUT2D eigenvalue weighted by Gasteiger charge is 2.35. The van der Waals surface area contributed by atoms with Gasteiger partial charge >= 0.3 is 5.97 Å². The van der Waals surface area contributed by atoms with Crippen molar-refractivity contribution in [2.24, 2.45) is 7.05 Å². The number of morpholine rings is 1. The highest BCUT2D eigenvalue weighted by Crippen LogP contribution is 2.31. The van der Waals surface area contributed by atoms with Crippen LogP contribution in [-0.2, 0) is 16.6 Å². The fourth-order valence-corrected chi connectivity index (χ4v) is 3.14. The third kappa shape index (κ3) is 2.24. The Labute approximate surface area is 131 Å². The molecule has 1 aliphatic rings. The van der Waals surface area contributed by atoms with E-state index in [9.17, 15) is 14.7 Å². The van der Waals surface area contributed by atoms with Crippen molar-refractivity contribution in [3.63, 3.8) is 0 Å². The summed E-state index contributed by atoms with van der Waals surface area (Å²) in [7, 11) is 1.75. The molecule has 1 fully saturated rings. The van der Waals surface area contributed by atoms with Crippen LogP contribution in [0.5, 0.6) is 0 Å². The number of carbonyl (C=O) groups excluding carboxylic acids is 1. The summed E-state index contributed by atoms with van der Waals surface area (Å²) >= 11 is 6.36. The van der Waals surface area contributed by atoms with E-state index in [0.717, 1.165) is 10.9 Å². The molecule has 116 valence electrons. The summed E-state index contributed by atoms with van der Waals surface area (Å²) in [6.45, 7) is 0.535. The van der Waals surface area contributed by atoms with Gasteiger partial charge in [0.1, 0.15) is 5.69 Å². The van der Waals surface area contributed by atoms with Crippen LogP contribution >= 0.6 is 11.6 Å². The molecular weight excluding hydrogens is 308 g/mol. The molecule has 0 saturated carbocycles. The number of nitrogens with zero attached hydrogens (tertiary/aromatic N) is 2. The lowest BCUT2D eigenvalue weighted by Crippen LogP contribution is -2.52. The molecule has 0 spiro atoms. The summed E-state index contributed by atoms with van der Waals surface area (Å²) in [5.41, 5.74) is 1.13. The second-order valence-electron chi connectivity index (χ2n) is 5.17. The summed E-state index contributed by atoms with van der Waals surface area (Å²) < 4.78 is 6.87. The number of fused-ring (bicyclic) bond motifs is 1. The molecule has 1 N–H and O–H groups in total. The Morgan fingerprint density at radius 3 is 2.77 bits per heavy atom. The van der Waals surface area contributed by atoms with Crippen molar-refractivity contribution >= 4 is 34.4 Å². The number of carboxylic acid groups (broad SMARTS) is 1. The number of aromatic nitrogens is 1. The maximum atomic E-state index is 12.8. The van der Waals surface area contributed by atoms with Crippen molar-refractivity contribution in [3.05, 3.63) is 35.0 Å². The standard InChI is InChI=1S/C15H15ClN2O4/c1-17-10-5-3-2-4-9(10)12(16)13(17)14(19)18-6-7-22-8-11(18)15(20)21/h2-5,11H,6-8H2,1H3,(H,20,21)/t11-/m0/s1. The number of hydrogen-bond donors (Lipinski definition) is 1. The first-order valence-electron chi connectivity index (χ1n) is 6.86. The Bertz CT molecular complexity index is 716. The zero-order valence-corrected chi connectivity index (χ0v) is 12.7. The summed E-state index contributed by atoms with van der Waals surface area (Å²) in [5.74, 6) is -1.47. The molecule has 7 heteroatoms. The molecule has 0 bridgehead atoms. The van der Waals surface area contributed by atoms with Crippen molar-refractivity contribution in [2.75, 3.05) is 19.8 Å². The SMILES string of the molecule is Cn1c(C(=O)N2CCOC[C@H]2C(=O)O)c(Cl)c2ccccc21. The highest BCUT2D eigenvalue weighted by atomic mass is 35.5. The fourth-order valence-electron chi connectivity index (χ4n) is 2.77. The van der Waals surface area contributed by atoms with Crippen LogP contribution in [0.15, 0.2) is 24.3 Å². The highest BCUT2D eigenvalue weighted by molar-refractivity contribution is 6.38. The number of halogens is 1. The molecule has 22 heavy (non-hydrogen) atoms. The van der Waals surface area contributed by atoms with Gasteiger partial charge in [-0.2, -0.15) is 0 Å². The summed E-state index contributed by atoms with van der Waals surface area (Å²) in [4.78, 5) is 25.5. The third-order valence-electron chi connectivity index (χ3n) is 3.92. The molecule has 1 aromatic heterocycles. The zero-order valence-electron chi connectivity index (χ0n) is 12.0. The smallest absolute Gasteiger partial charge is 0.328 e. The van der Waals surface area contributed by atoms with Crippen LogP contribution in [0, 0.1) is 0 Å². The third-order valence-corrected chi connectivity index (χ3v) is 4.30. The molecule has 1 atom stereocenters. The van der Waals surface area contributed by atoms with E-state index in [-0.39, 0.29) is 19.1 Å². The van der Waals surface area contributed by atoms with E-state index in [1.807, 2.05) is 24.3 Å². The summed E-state index contributed by atoms with van der Waals surface area (Å²) in [5, 5.41) is 10.4. The monoisotopic (exact) mass is 322 g/mol. The first kappa shape index (κ1) is 14.9. The van der Waals surface area contributed by atoms with Crippen LogP contribution in [0.2, 0.25) is 5.02 Å². The van der Waals surface area contributed by atoms with E-state index in [1.54, 1.807) is 11.6 Å². The van der Waals surface area contributed by atoms with E-state index < -0.39 is 12.0 Å². The number of aliphatic carboxylic acids is 1. The topological polar surface area (TPSA) is 71.8 Å². The molecule has 1 aromatic carbocycles. The molecule has 1 saturated heterocycles. The Balaban J connectivity index is 2.07. The second kappa shape index (κ2) is 5.62. The second-order valence-corrected chi connectivity index (χ2v) is 5.54. The molecular formula is C15H15ClN2O4. The molecule has 1 aliphatic heterocycles. The first-order valence-corrected chi connectivity index (χ1v) is 7.24. The molecule has 1 amide bonds. The van der Waals surface area contributed by atoms with Crippen molar-refractivity contribution in [1.82, 2.24) is 9.47 Å². The van der Waals surface area contributed by atoms with Crippen LogP contribution in [-0.4, -0.2) is 52.3 Å². The lowest BCUT2D eigenvalue weighted by molar-refractivity contribution is -0.147. The fraction of sp³-hybridized carbons (Fsp3) is 0.333. The molecule has 2 heterocycles. The van der Waals surface area contributed by atoms with Crippen LogP contribution in [0.4, 0.5) is 0 Å². The van der Waals surface area contributed by atoms with E-state index >= 15 is 0 Å². The lowest BCUT2D eigenvalue weighted by Gasteiger charge is -2.33. The number of amides is 1. The molecule has 6 nitrogen and oxygen atoms in total. The van der Waals surface area contributed by atoms with Gasteiger partial charge in [0, 0.05) is 24.5 Å². The van der Waals surface area contributed by atoms with Gasteiger partial charge < -0.3 is 19.3 Å². The maximum absolute atomic E-state index is 12.8. The van der Waals surface area contributed by atoms with Crippen LogP contribution in [0.25, 0.3) is 10.9 Å². The largest absolute Gasteiger partial charge is 0.480 e. The molecule has 0 aliphatic carbocycles. The Morgan fingerprint density at radius 2 is 2.09 bits per heavy atom. The Hall–Kier alpha value is -2.05. The van der Waals surface area contributed by atoms with Gasteiger partial charge in [0.15, 0.2) is 6.04 Å². The van der Waals surface area contributed by atoms with Crippen LogP contribution in [0.1, 0.15) is 10.5 Å². The lowest BCUT2D eigenvalue weighted by atomic mass is 10.2. The van der Waals surface area contributed by atoms with Gasteiger partial charge in [0.05, 0.1) is 18.2 Å². The molecule has 3 rings (SSSR count). The molecule has 0 unspecified atom stereocenters. The van der Waals surface area contributed by atoms with Crippen molar-refractivity contribution in [2.45, 2.75) is 6.04 Å².